The fourth-order valence-corrected chi connectivity index (χ4v) is 3.96. The highest BCUT2D eigenvalue weighted by Crippen LogP contribution is 2.23. The summed E-state index contributed by atoms with van der Waals surface area (Å²) in [6.07, 6.45) is -0.204. The predicted molar refractivity (Wildman–Crippen MR) is 127 cm³/mol. The van der Waals surface area contributed by atoms with Crippen molar-refractivity contribution in [1.82, 2.24) is 9.13 Å². The van der Waals surface area contributed by atoms with E-state index >= 15 is 0 Å². The Bertz CT molecular complexity index is 1420. The number of ether oxygens (including phenoxy) is 1. The summed E-state index contributed by atoms with van der Waals surface area (Å²) < 4.78 is 8.51. The Morgan fingerprint density at radius 2 is 1.67 bits per heavy atom. The van der Waals surface area contributed by atoms with Gasteiger partial charge in [-0.05, 0) is 55.3 Å². The summed E-state index contributed by atoms with van der Waals surface area (Å²) >= 11 is 0. The van der Waals surface area contributed by atoms with E-state index in [1.165, 1.54) is 4.57 Å². The van der Waals surface area contributed by atoms with E-state index in [9.17, 15) is 19.5 Å². The number of rotatable bonds is 6. The van der Waals surface area contributed by atoms with Crippen LogP contribution in [0, 0.1) is 0 Å². The first-order chi connectivity index (χ1) is 15.6. The number of carboxylic acids is 1. The van der Waals surface area contributed by atoms with Crippen LogP contribution in [0.4, 0.5) is 0 Å². The van der Waals surface area contributed by atoms with Gasteiger partial charge in [0.25, 0.3) is 0 Å². The molecule has 33 heavy (non-hydrogen) atoms. The molecule has 3 aromatic carbocycles. The molecule has 0 saturated heterocycles. The minimum Gasteiger partial charge on any atom is -0.481 e. The number of imidazole rings is 1. The maximum Gasteiger partial charge on any atom is 0.338 e. The van der Waals surface area contributed by atoms with Crippen molar-refractivity contribution in [2.24, 2.45) is 0 Å². The van der Waals surface area contributed by atoms with Crippen LogP contribution in [-0.2, 0) is 22.6 Å². The molecule has 7 nitrogen and oxygen atoms in total. The molecule has 0 aliphatic rings. The van der Waals surface area contributed by atoms with Gasteiger partial charge in [-0.1, -0.05) is 42.5 Å². The number of aryl methyl sites for hydroxylation is 1. The Kier molecular flexibility index (Phi) is 5.80. The van der Waals surface area contributed by atoms with Gasteiger partial charge in [-0.15, -0.1) is 0 Å². The number of hydrogen-bond acceptors (Lipinski definition) is 4. The summed E-state index contributed by atoms with van der Waals surface area (Å²) in [6.45, 7) is 5.68. The highest BCUT2D eigenvalue weighted by atomic mass is 16.6. The molecule has 0 aliphatic heterocycles. The summed E-state index contributed by atoms with van der Waals surface area (Å²) in [4.78, 5) is 37.2. The number of aliphatic carboxylic acids is 1. The SMILES string of the molecule is CC(C)(C)OC(=O)c1ccc2c(c1)n(CCC(=O)O)c(=O)n2Cc1cccc2ccccc12. The fourth-order valence-electron chi connectivity index (χ4n) is 3.96. The second kappa shape index (κ2) is 8.58. The van der Waals surface area contributed by atoms with Gasteiger partial charge in [-0.25, -0.2) is 9.59 Å². The van der Waals surface area contributed by atoms with Crippen molar-refractivity contribution in [2.45, 2.75) is 45.9 Å². The van der Waals surface area contributed by atoms with Gasteiger partial charge in [-0.2, -0.15) is 0 Å². The molecular formula is C26H26N2O5. The highest BCUT2D eigenvalue weighted by Gasteiger charge is 2.21. The van der Waals surface area contributed by atoms with Crippen LogP contribution in [0.3, 0.4) is 0 Å². The number of aromatic nitrogens is 2. The molecular weight excluding hydrogens is 420 g/mol. The smallest absolute Gasteiger partial charge is 0.338 e. The molecule has 170 valence electrons. The standard InChI is InChI=1S/C26H26N2O5/c1-26(2,3)33-24(31)18-11-12-21-22(15-18)27(14-13-23(29)30)25(32)28(21)16-19-9-6-8-17-7-4-5-10-20(17)19/h4-12,15H,13-14,16H2,1-3H3,(H,29,30). The fraction of sp³-hybridized carbons (Fsp3) is 0.269. The summed E-state index contributed by atoms with van der Waals surface area (Å²) in [5.74, 6) is -1.50. The Labute approximate surface area is 190 Å². The van der Waals surface area contributed by atoms with Gasteiger partial charge in [0.1, 0.15) is 5.60 Å². The first-order valence-corrected chi connectivity index (χ1v) is 10.8. The predicted octanol–water partition coefficient (Wildman–Crippen LogP) is 4.43. The topological polar surface area (TPSA) is 90.5 Å². The van der Waals surface area contributed by atoms with E-state index in [2.05, 4.69) is 0 Å². The molecule has 1 heterocycles. The Morgan fingerprint density at radius 3 is 2.39 bits per heavy atom. The number of carbonyl (C=O) groups is 2. The largest absolute Gasteiger partial charge is 0.481 e. The first kappa shape index (κ1) is 22.3. The Morgan fingerprint density at radius 1 is 0.939 bits per heavy atom. The Hall–Kier alpha value is -3.87. The number of benzene rings is 3. The molecule has 0 saturated carbocycles. The normalized spacial score (nSPS) is 11.7. The van der Waals surface area contributed by atoms with Crippen LogP contribution in [0.5, 0.6) is 0 Å². The zero-order valence-corrected chi connectivity index (χ0v) is 18.9. The quantitative estimate of drug-likeness (QED) is 0.443. The maximum atomic E-state index is 13.4. The van der Waals surface area contributed by atoms with Gasteiger partial charge < -0.3 is 9.84 Å². The van der Waals surface area contributed by atoms with Crippen molar-refractivity contribution >= 4 is 33.7 Å². The highest BCUT2D eigenvalue weighted by molar-refractivity contribution is 5.94. The zero-order valence-electron chi connectivity index (χ0n) is 18.9. The van der Waals surface area contributed by atoms with Crippen molar-refractivity contribution in [3.8, 4) is 0 Å². The van der Waals surface area contributed by atoms with Gasteiger partial charge in [-0.3, -0.25) is 13.9 Å². The van der Waals surface area contributed by atoms with E-state index in [0.29, 0.717) is 23.1 Å². The van der Waals surface area contributed by atoms with E-state index in [0.717, 1.165) is 16.3 Å². The van der Waals surface area contributed by atoms with Crippen LogP contribution in [-0.4, -0.2) is 31.8 Å². The molecule has 0 unspecified atom stereocenters. The van der Waals surface area contributed by atoms with E-state index in [4.69, 9.17) is 4.74 Å². The molecule has 1 aromatic heterocycles. The number of carbonyl (C=O) groups excluding carboxylic acids is 1. The lowest BCUT2D eigenvalue weighted by atomic mass is 10.0. The number of nitrogens with zero attached hydrogens (tertiary/aromatic N) is 2. The second-order valence-electron chi connectivity index (χ2n) is 9.01. The van der Waals surface area contributed by atoms with Gasteiger partial charge in [0.05, 0.1) is 29.6 Å². The number of hydrogen-bond donors (Lipinski definition) is 1. The Balaban J connectivity index is 1.84. The van der Waals surface area contributed by atoms with Crippen molar-refractivity contribution in [1.29, 1.82) is 0 Å². The number of carboxylic acid groups (broad SMARTS) is 1. The summed E-state index contributed by atoms with van der Waals surface area (Å²) in [6, 6.07) is 18.9. The van der Waals surface area contributed by atoms with E-state index in [1.54, 1.807) is 43.5 Å². The van der Waals surface area contributed by atoms with Gasteiger partial charge in [0, 0.05) is 6.54 Å². The lowest BCUT2D eigenvalue weighted by molar-refractivity contribution is -0.137. The molecule has 4 aromatic rings. The van der Waals surface area contributed by atoms with Gasteiger partial charge in [0.15, 0.2) is 0 Å². The van der Waals surface area contributed by atoms with Crippen molar-refractivity contribution < 1.29 is 19.4 Å². The van der Waals surface area contributed by atoms with Crippen LogP contribution in [0.25, 0.3) is 21.8 Å². The lowest BCUT2D eigenvalue weighted by Gasteiger charge is -2.19. The van der Waals surface area contributed by atoms with Gasteiger partial charge >= 0.3 is 17.6 Å². The third-order valence-electron chi connectivity index (χ3n) is 5.41. The van der Waals surface area contributed by atoms with Crippen LogP contribution >= 0.6 is 0 Å². The van der Waals surface area contributed by atoms with Crippen molar-refractivity contribution in [3.05, 3.63) is 82.3 Å². The van der Waals surface area contributed by atoms with E-state index < -0.39 is 17.5 Å². The summed E-state index contributed by atoms with van der Waals surface area (Å²) in [7, 11) is 0. The molecule has 0 amide bonds. The zero-order chi connectivity index (χ0) is 23.8. The van der Waals surface area contributed by atoms with Crippen molar-refractivity contribution in [2.75, 3.05) is 0 Å². The molecule has 1 N–H and O–H groups in total. The van der Waals surface area contributed by atoms with Crippen LogP contribution in [0.15, 0.2) is 65.5 Å². The third-order valence-corrected chi connectivity index (χ3v) is 5.41. The van der Waals surface area contributed by atoms with Crippen molar-refractivity contribution in [3.63, 3.8) is 0 Å². The maximum absolute atomic E-state index is 13.4. The van der Waals surface area contributed by atoms with Gasteiger partial charge in [0.2, 0.25) is 0 Å². The molecule has 7 heteroatoms. The van der Waals surface area contributed by atoms with Crippen LogP contribution < -0.4 is 5.69 Å². The summed E-state index contributed by atoms with van der Waals surface area (Å²) in [5.41, 5.74) is 1.44. The molecule has 0 aliphatic carbocycles. The lowest BCUT2D eigenvalue weighted by Crippen LogP contribution is -2.25. The minimum absolute atomic E-state index is 0.00494. The van der Waals surface area contributed by atoms with Crippen LogP contribution in [0.1, 0.15) is 43.1 Å². The number of fused-ring (bicyclic) bond motifs is 2. The average Bonchev–Trinajstić information content (AvgIpc) is 3.01. The second-order valence-corrected chi connectivity index (χ2v) is 9.01. The molecule has 0 spiro atoms. The molecule has 0 radical (unpaired) electrons. The molecule has 0 atom stereocenters. The molecule has 0 fully saturated rings. The average molecular weight is 447 g/mol. The third kappa shape index (κ3) is 4.67. The molecule has 4 rings (SSSR count). The van der Waals surface area contributed by atoms with E-state index in [1.807, 2.05) is 42.5 Å². The molecule has 0 bridgehead atoms. The van der Waals surface area contributed by atoms with E-state index in [-0.39, 0.29) is 18.7 Å². The summed E-state index contributed by atoms with van der Waals surface area (Å²) in [5, 5.41) is 11.3. The monoisotopic (exact) mass is 446 g/mol. The first-order valence-electron chi connectivity index (χ1n) is 10.8. The number of esters is 1. The van der Waals surface area contributed by atoms with Crippen LogP contribution in [0.2, 0.25) is 0 Å². The minimum atomic E-state index is -1.000.